The van der Waals surface area contributed by atoms with Gasteiger partial charge in [0.1, 0.15) is 11.3 Å². The van der Waals surface area contributed by atoms with Gasteiger partial charge in [0.2, 0.25) is 0 Å². The minimum Gasteiger partial charge on any atom is -0.351 e. The predicted molar refractivity (Wildman–Crippen MR) is 76.2 cm³/mol. The van der Waals surface area contributed by atoms with Crippen molar-refractivity contribution in [3.8, 4) is 0 Å². The second kappa shape index (κ2) is 5.08. The number of rotatable bonds is 2. The molecule has 0 radical (unpaired) electrons. The third-order valence-corrected chi connectivity index (χ3v) is 4.21. The quantitative estimate of drug-likeness (QED) is 0.841. The number of hydrogen-bond donors (Lipinski definition) is 0. The van der Waals surface area contributed by atoms with Gasteiger partial charge in [-0.2, -0.15) is 0 Å². The van der Waals surface area contributed by atoms with Gasteiger partial charge in [-0.25, -0.2) is 9.97 Å². The SMILES string of the molecule is Clc1cncnc1N1CC=C(c2cccs2)CC1. The Morgan fingerprint density at radius 3 is 3.00 bits per heavy atom. The average Bonchev–Trinajstić information content (AvgIpc) is 2.94. The highest BCUT2D eigenvalue weighted by molar-refractivity contribution is 7.11. The number of thiophene rings is 1. The highest BCUT2D eigenvalue weighted by Crippen LogP contribution is 2.29. The topological polar surface area (TPSA) is 29.0 Å². The third-order valence-electron chi connectivity index (χ3n) is 2.99. The predicted octanol–water partition coefficient (Wildman–Crippen LogP) is 3.49. The van der Waals surface area contributed by atoms with Crippen molar-refractivity contribution in [3.63, 3.8) is 0 Å². The van der Waals surface area contributed by atoms with E-state index >= 15 is 0 Å². The van der Waals surface area contributed by atoms with Gasteiger partial charge in [-0.15, -0.1) is 11.3 Å². The van der Waals surface area contributed by atoms with Gasteiger partial charge >= 0.3 is 0 Å². The average molecular weight is 278 g/mol. The van der Waals surface area contributed by atoms with Crippen molar-refractivity contribution in [2.24, 2.45) is 0 Å². The van der Waals surface area contributed by atoms with E-state index in [-0.39, 0.29) is 0 Å². The molecule has 0 spiro atoms. The lowest BCUT2D eigenvalue weighted by atomic mass is 10.1. The van der Waals surface area contributed by atoms with Crippen LogP contribution in [0.1, 0.15) is 11.3 Å². The molecule has 0 bridgehead atoms. The van der Waals surface area contributed by atoms with Crippen LogP contribution in [0.4, 0.5) is 5.82 Å². The summed E-state index contributed by atoms with van der Waals surface area (Å²) in [4.78, 5) is 11.7. The van der Waals surface area contributed by atoms with Gasteiger partial charge in [0.05, 0.1) is 6.20 Å². The Hall–Kier alpha value is -1.39. The number of anilines is 1. The van der Waals surface area contributed by atoms with Crippen LogP contribution in [0.25, 0.3) is 5.57 Å². The highest BCUT2D eigenvalue weighted by Gasteiger charge is 2.16. The maximum absolute atomic E-state index is 6.11. The maximum atomic E-state index is 6.11. The number of nitrogens with zero attached hydrogens (tertiary/aromatic N) is 3. The van der Waals surface area contributed by atoms with Crippen LogP contribution in [0.5, 0.6) is 0 Å². The normalized spacial score (nSPS) is 15.6. The molecule has 0 fully saturated rings. The molecule has 0 atom stereocenters. The molecule has 92 valence electrons. The molecule has 2 aromatic heterocycles. The van der Waals surface area contributed by atoms with Gasteiger partial charge in [0.25, 0.3) is 0 Å². The maximum Gasteiger partial charge on any atom is 0.151 e. The van der Waals surface area contributed by atoms with Crippen LogP contribution in [0.3, 0.4) is 0 Å². The first kappa shape index (κ1) is 11.7. The van der Waals surface area contributed by atoms with E-state index in [4.69, 9.17) is 11.6 Å². The first-order valence-electron chi connectivity index (χ1n) is 5.78. The van der Waals surface area contributed by atoms with E-state index in [0.717, 1.165) is 25.3 Å². The van der Waals surface area contributed by atoms with Gasteiger partial charge in [-0.3, -0.25) is 0 Å². The smallest absolute Gasteiger partial charge is 0.151 e. The molecule has 2 aromatic rings. The Morgan fingerprint density at radius 1 is 1.39 bits per heavy atom. The van der Waals surface area contributed by atoms with Gasteiger partial charge in [0, 0.05) is 18.0 Å². The molecule has 0 N–H and O–H groups in total. The fraction of sp³-hybridized carbons (Fsp3) is 0.231. The lowest BCUT2D eigenvalue weighted by Gasteiger charge is -2.27. The summed E-state index contributed by atoms with van der Waals surface area (Å²) in [5, 5.41) is 2.73. The Bertz CT molecular complexity index is 565. The van der Waals surface area contributed by atoms with Crippen molar-refractivity contribution in [1.29, 1.82) is 0 Å². The van der Waals surface area contributed by atoms with E-state index < -0.39 is 0 Å². The minimum atomic E-state index is 0.616. The standard InChI is InChI=1S/C13H12ClN3S/c14-11-8-15-9-16-13(11)17-5-3-10(4-6-17)12-2-1-7-18-12/h1-3,7-9H,4-6H2. The first-order valence-corrected chi connectivity index (χ1v) is 7.04. The summed E-state index contributed by atoms with van der Waals surface area (Å²) < 4.78 is 0. The molecule has 0 saturated heterocycles. The highest BCUT2D eigenvalue weighted by atomic mass is 35.5. The summed E-state index contributed by atoms with van der Waals surface area (Å²) in [6.45, 7) is 1.80. The Morgan fingerprint density at radius 2 is 2.33 bits per heavy atom. The molecule has 0 aromatic carbocycles. The molecular formula is C13H12ClN3S. The van der Waals surface area contributed by atoms with E-state index in [1.165, 1.54) is 10.5 Å². The summed E-state index contributed by atoms with van der Waals surface area (Å²) in [5.41, 5.74) is 1.42. The summed E-state index contributed by atoms with van der Waals surface area (Å²) in [7, 11) is 0. The Balaban J connectivity index is 1.79. The van der Waals surface area contributed by atoms with Crippen LogP contribution in [0.15, 0.2) is 36.1 Å². The summed E-state index contributed by atoms with van der Waals surface area (Å²) >= 11 is 7.90. The van der Waals surface area contributed by atoms with Crippen LogP contribution in [0, 0.1) is 0 Å². The second-order valence-corrected chi connectivity index (χ2v) is 5.45. The van der Waals surface area contributed by atoms with Gasteiger partial charge in [-0.05, 0) is 23.4 Å². The van der Waals surface area contributed by atoms with E-state index in [0.29, 0.717) is 5.02 Å². The van der Waals surface area contributed by atoms with Crippen molar-refractivity contribution in [3.05, 3.63) is 46.0 Å². The van der Waals surface area contributed by atoms with Crippen LogP contribution >= 0.6 is 22.9 Å². The van der Waals surface area contributed by atoms with Gasteiger partial charge in [-0.1, -0.05) is 23.7 Å². The summed E-state index contributed by atoms with van der Waals surface area (Å²) in [6.07, 6.45) is 6.47. The van der Waals surface area contributed by atoms with E-state index in [1.807, 2.05) is 0 Å². The first-order chi connectivity index (χ1) is 8.84. The second-order valence-electron chi connectivity index (χ2n) is 4.10. The third kappa shape index (κ3) is 2.26. The number of halogens is 1. The molecule has 3 rings (SSSR count). The van der Waals surface area contributed by atoms with Crippen molar-refractivity contribution in [1.82, 2.24) is 9.97 Å². The van der Waals surface area contributed by atoms with Gasteiger partial charge in [0.15, 0.2) is 5.82 Å². The zero-order chi connectivity index (χ0) is 12.4. The fourth-order valence-corrected chi connectivity index (χ4v) is 3.11. The molecule has 3 nitrogen and oxygen atoms in total. The minimum absolute atomic E-state index is 0.616. The summed E-state index contributed by atoms with van der Waals surface area (Å²) in [6, 6.07) is 4.26. The van der Waals surface area contributed by atoms with Crippen LogP contribution in [0.2, 0.25) is 5.02 Å². The molecular weight excluding hydrogens is 266 g/mol. The fourth-order valence-electron chi connectivity index (χ4n) is 2.09. The molecule has 0 saturated carbocycles. The van der Waals surface area contributed by atoms with Crippen LogP contribution in [-0.2, 0) is 0 Å². The van der Waals surface area contributed by atoms with Crippen molar-refractivity contribution in [2.75, 3.05) is 18.0 Å². The van der Waals surface area contributed by atoms with Crippen LogP contribution in [-0.4, -0.2) is 23.1 Å². The molecule has 1 aliphatic heterocycles. The lowest BCUT2D eigenvalue weighted by Crippen LogP contribution is -2.29. The molecule has 18 heavy (non-hydrogen) atoms. The molecule has 0 aliphatic carbocycles. The molecule has 0 amide bonds. The number of hydrogen-bond acceptors (Lipinski definition) is 4. The largest absolute Gasteiger partial charge is 0.351 e. The number of aromatic nitrogens is 2. The Labute approximate surface area is 115 Å². The lowest BCUT2D eigenvalue weighted by molar-refractivity contribution is 0.814. The van der Waals surface area contributed by atoms with E-state index in [9.17, 15) is 0 Å². The molecule has 1 aliphatic rings. The summed E-state index contributed by atoms with van der Waals surface area (Å²) in [5.74, 6) is 0.827. The van der Waals surface area contributed by atoms with E-state index in [2.05, 4.69) is 38.5 Å². The van der Waals surface area contributed by atoms with Crippen molar-refractivity contribution < 1.29 is 0 Å². The zero-order valence-corrected chi connectivity index (χ0v) is 11.3. The Kier molecular flexibility index (Phi) is 3.30. The monoisotopic (exact) mass is 277 g/mol. The van der Waals surface area contributed by atoms with Crippen molar-refractivity contribution >= 4 is 34.3 Å². The van der Waals surface area contributed by atoms with Gasteiger partial charge < -0.3 is 4.90 Å². The van der Waals surface area contributed by atoms with E-state index in [1.54, 1.807) is 23.9 Å². The molecule has 0 unspecified atom stereocenters. The van der Waals surface area contributed by atoms with Crippen molar-refractivity contribution in [2.45, 2.75) is 6.42 Å². The molecule has 5 heteroatoms. The molecule has 3 heterocycles. The van der Waals surface area contributed by atoms with Crippen LogP contribution < -0.4 is 4.90 Å². The zero-order valence-electron chi connectivity index (χ0n) is 9.71.